The van der Waals surface area contributed by atoms with Gasteiger partial charge in [0, 0.05) is 45.2 Å². The van der Waals surface area contributed by atoms with Crippen molar-refractivity contribution >= 4 is 59.9 Å². The Bertz CT molecular complexity index is 1700. The predicted octanol–water partition coefficient (Wildman–Crippen LogP) is 5.75. The van der Waals surface area contributed by atoms with E-state index < -0.39 is 18.5 Å². The zero-order chi connectivity index (χ0) is 38.2. The molecule has 55 heavy (non-hydrogen) atoms. The fourth-order valence-corrected chi connectivity index (χ4v) is 5.72. The summed E-state index contributed by atoms with van der Waals surface area (Å²) >= 11 is 0. The van der Waals surface area contributed by atoms with E-state index in [4.69, 9.17) is 24.7 Å². The van der Waals surface area contributed by atoms with E-state index in [1.165, 1.54) is 11.0 Å². The summed E-state index contributed by atoms with van der Waals surface area (Å²) in [6.07, 6.45) is 3.56. The number of rotatable bonds is 19. The van der Waals surface area contributed by atoms with Gasteiger partial charge in [-0.3, -0.25) is 14.4 Å². The molecule has 1 aliphatic heterocycles. The van der Waals surface area contributed by atoms with Crippen molar-refractivity contribution < 1.29 is 38.1 Å². The van der Waals surface area contributed by atoms with Crippen LogP contribution in [0.15, 0.2) is 60.7 Å². The van der Waals surface area contributed by atoms with Crippen molar-refractivity contribution in [2.75, 3.05) is 83.5 Å². The first-order valence-electron chi connectivity index (χ1n) is 18.2. The number of aryl methyl sites for hydroxylation is 1. The van der Waals surface area contributed by atoms with E-state index in [-0.39, 0.29) is 60.2 Å². The maximum absolute atomic E-state index is 13.9. The first-order valence-corrected chi connectivity index (χ1v) is 18.2. The number of esters is 1. The number of unbranched alkanes of at least 4 members (excludes halogenated alkanes) is 2. The molecule has 3 N–H and O–H groups in total. The van der Waals surface area contributed by atoms with Gasteiger partial charge in [0.2, 0.25) is 5.91 Å². The highest BCUT2D eigenvalue weighted by Crippen LogP contribution is 2.33. The largest absolute Gasteiger partial charge is 0.493 e. The van der Waals surface area contributed by atoms with Crippen LogP contribution in [0.2, 0.25) is 0 Å². The van der Waals surface area contributed by atoms with Crippen molar-refractivity contribution in [3.63, 3.8) is 0 Å². The lowest BCUT2D eigenvalue weighted by atomic mass is 10.1. The molecule has 1 heterocycles. The minimum atomic E-state index is -0.597. The van der Waals surface area contributed by atoms with E-state index in [9.17, 15) is 19.2 Å². The minimum Gasteiger partial charge on any atom is -0.493 e. The minimum absolute atomic E-state index is 0. The molecule has 1 saturated heterocycles. The summed E-state index contributed by atoms with van der Waals surface area (Å²) < 4.78 is 22.8. The third kappa shape index (κ3) is 14.2. The van der Waals surface area contributed by atoms with E-state index in [0.717, 1.165) is 51.0 Å². The molecule has 4 rings (SSSR count). The number of likely N-dealkylation sites (N-methyl/N-ethyl adjacent to an activating group) is 1. The molecule has 0 spiro atoms. The van der Waals surface area contributed by atoms with Gasteiger partial charge in [-0.15, -0.1) is 24.8 Å². The highest BCUT2D eigenvalue weighted by molar-refractivity contribution is 6.09. The van der Waals surface area contributed by atoms with Gasteiger partial charge in [-0.25, -0.2) is 4.79 Å². The summed E-state index contributed by atoms with van der Waals surface area (Å²) in [5.41, 5.74) is 7.94. The fraction of sp³-hybridized carbons (Fsp3) is 0.450. The van der Waals surface area contributed by atoms with Gasteiger partial charge in [0.05, 0.1) is 36.8 Å². The molecule has 1 fully saturated rings. The van der Waals surface area contributed by atoms with Crippen LogP contribution in [-0.4, -0.2) is 107 Å². The van der Waals surface area contributed by atoms with E-state index in [1.807, 2.05) is 30.0 Å². The van der Waals surface area contributed by atoms with Gasteiger partial charge >= 0.3 is 5.97 Å². The van der Waals surface area contributed by atoms with Crippen LogP contribution in [0.1, 0.15) is 65.3 Å². The van der Waals surface area contributed by atoms with Crippen molar-refractivity contribution in [2.24, 2.45) is 5.73 Å². The number of benzene rings is 3. The fourth-order valence-electron chi connectivity index (χ4n) is 5.72. The lowest BCUT2D eigenvalue weighted by Gasteiger charge is -2.32. The second-order valence-corrected chi connectivity index (χ2v) is 12.9. The van der Waals surface area contributed by atoms with Crippen LogP contribution in [0.5, 0.6) is 17.2 Å². The normalized spacial score (nSPS) is 12.4. The molecule has 0 aromatic heterocycles. The SMILES string of the molecule is CCOC(=O)COc1cc(C(=O)N(C)c2ccc(C)cc2OCCCCCC(=O)N2CCN(C)CC2)ccc1NC(=O)c1ccccc1OCCCN.Cl.Cl. The van der Waals surface area contributed by atoms with Crippen molar-refractivity contribution in [1.82, 2.24) is 9.80 Å². The molecule has 0 atom stereocenters. The number of para-hydroxylation sites is 1. The highest BCUT2D eigenvalue weighted by atomic mass is 35.5. The maximum Gasteiger partial charge on any atom is 0.344 e. The van der Waals surface area contributed by atoms with Crippen molar-refractivity contribution in [1.29, 1.82) is 0 Å². The van der Waals surface area contributed by atoms with Gasteiger partial charge in [-0.2, -0.15) is 0 Å². The van der Waals surface area contributed by atoms with Crippen LogP contribution in [0.3, 0.4) is 0 Å². The third-order valence-electron chi connectivity index (χ3n) is 8.80. The van der Waals surface area contributed by atoms with E-state index in [2.05, 4.69) is 17.3 Å². The van der Waals surface area contributed by atoms with Crippen molar-refractivity contribution in [2.45, 2.75) is 46.0 Å². The smallest absolute Gasteiger partial charge is 0.344 e. The molecular weight excluding hydrogens is 749 g/mol. The highest BCUT2D eigenvalue weighted by Gasteiger charge is 2.22. The van der Waals surface area contributed by atoms with Gasteiger partial charge in [0.15, 0.2) is 6.61 Å². The molecule has 302 valence electrons. The van der Waals surface area contributed by atoms with E-state index in [1.54, 1.807) is 50.4 Å². The quantitative estimate of drug-likeness (QED) is 0.113. The van der Waals surface area contributed by atoms with Crippen LogP contribution < -0.4 is 30.2 Å². The number of piperazine rings is 1. The molecule has 0 unspecified atom stereocenters. The monoisotopic (exact) mass is 803 g/mol. The summed E-state index contributed by atoms with van der Waals surface area (Å²) in [6.45, 7) is 8.01. The molecule has 0 saturated carbocycles. The van der Waals surface area contributed by atoms with Crippen LogP contribution >= 0.6 is 24.8 Å². The first-order chi connectivity index (χ1) is 25.6. The van der Waals surface area contributed by atoms with Crippen molar-refractivity contribution in [3.05, 3.63) is 77.4 Å². The third-order valence-corrected chi connectivity index (χ3v) is 8.80. The first kappa shape index (κ1) is 46.6. The molecular formula is C40H55Cl2N5O8. The lowest BCUT2D eigenvalue weighted by molar-refractivity contribution is -0.145. The standard InChI is InChI=1S/C40H53N5O8.2ClH/c1-5-50-38(47)28-53-35-27-30(16-17-32(35)42-39(48)31-12-8-9-13-34(31)51-25-11-19-41)40(49)44(4)33-18-15-29(2)26-36(33)52-24-10-6-7-14-37(46)45-22-20-43(3)21-23-45;;/h8-9,12-13,15-18,26-27H,5-7,10-11,14,19-25,28,41H2,1-4H3,(H,42,48);2*1H. The van der Waals surface area contributed by atoms with E-state index >= 15 is 0 Å². The molecule has 15 heteroatoms. The Morgan fingerprint density at radius 2 is 1.53 bits per heavy atom. The number of ether oxygens (including phenoxy) is 4. The summed E-state index contributed by atoms with van der Waals surface area (Å²) in [5.74, 6) is -0.150. The summed E-state index contributed by atoms with van der Waals surface area (Å²) in [6, 6.07) is 17.1. The number of carbonyl (C=O) groups is 4. The zero-order valence-electron chi connectivity index (χ0n) is 32.2. The summed E-state index contributed by atoms with van der Waals surface area (Å²) in [5, 5.41) is 2.83. The molecule has 3 amide bonds. The van der Waals surface area contributed by atoms with Crippen LogP contribution in [0.4, 0.5) is 11.4 Å². The van der Waals surface area contributed by atoms with Gasteiger partial charge in [-0.05, 0) is 101 Å². The van der Waals surface area contributed by atoms with Gasteiger partial charge in [0.1, 0.15) is 17.2 Å². The Morgan fingerprint density at radius 1 is 0.818 bits per heavy atom. The van der Waals surface area contributed by atoms with Gasteiger partial charge in [0.25, 0.3) is 11.8 Å². The molecule has 3 aromatic carbocycles. The number of hydrogen-bond acceptors (Lipinski definition) is 10. The second-order valence-electron chi connectivity index (χ2n) is 12.9. The number of hydrogen-bond donors (Lipinski definition) is 2. The Hall–Kier alpha value is -4.56. The lowest BCUT2D eigenvalue weighted by Crippen LogP contribution is -2.47. The molecule has 13 nitrogen and oxygen atoms in total. The maximum atomic E-state index is 13.9. The van der Waals surface area contributed by atoms with Crippen molar-refractivity contribution in [3.8, 4) is 17.2 Å². The molecule has 1 aliphatic rings. The number of nitrogens with one attached hydrogen (secondary N) is 1. The average Bonchev–Trinajstić information content (AvgIpc) is 3.15. The Labute approximate surface area is 336 Å². The van der Waals surface area contributed by atoms with Gasteiger partial charge < -0.3 is 44.7 Å². The number of carbonyl (C=O) groups excluding carboxylic acids is 4. The second kappa shape index (κ2) is 24.1. The summed E-state index contributed by atoms with van der Waals surface area (Å²) in [7, 11) is 3.72. The number of anilines is 2. The molecule has 0 bridgehead atoms. The van der Waals surface area contributed by atoms with Crippen LogP contribution in [0, 0.1) is 6.92 Å². The number of nitrogens with zero attached hydrogens (tertiary/aromatic N) is 3. The molecule has 3 aromatic rings. The molecule has 0 radical (unpaired) electrons. The van der Waals surface area contributed by atoms with Crippen LogP contribution in [-0.2, 0) is 14.3 Å². The predicted molar refractivity (Wildman–Crippen MR) is 219 cm³/mol. The number of nitrogens with two attached hydrogens (primary N) is 1. The number of amides is 3. The zero-order valence-corrected chi connectivity index (χ0v) is 33.8. The average molecular weight is 805 g/mol. The summed E-state index contributed by atoms with van der Waals surface area (Å²) in [4.78, 5) is 57.8. The van der Waals surface area contributed by atoms with Crippen LogP contribution in [0.25, 0.3) is 0 Å². The number of halogens is 2. The molecule has 0 aliphatic carbocycles. The Kier molecular flexibility index (Phi) is 20.4. The Balaban J connectivity index is 0.00000523. The van der Waals surface area contributed by atoms with E-state index in [0.29, 0.717) is 55.4 Å². The Morgan fingerprint density at radius 3 is 2.25 bits per heavy atom. The topological polar surface area (TPSA) is 153 Å². The van der Waals surface area contributed by atoms with Gasteiger partial charge in [-0.1, -0.05) is 18.2 Å².